The lowest BCUT2D eigenvalue weighted by Crippen LogP contribution is -2.58. The standard InChI is InChI=1S/C45H59F3N6O9S/c1-5-27(2)61-41(58)50-34-12-10-8-6-7-9-11-28-24-44(28,40(57)52-64(59,60)42(3)19-20-42)51-38(55)35-25-43(26-54(35)39(34)56)18-15-31-32-23-30(62-29-16-21-53(4)22-17-29)13-14-33(32)49-37(36(31)63-43)45(46,47)48/h9,11,13-14,23,27-29,34-35H,5-8,10,12,15-22,24-26H2,1-4H3,(H,50,58)(H,51,55)(H,52,57)/b11-9-/t27-,28+,34-,35-,43+,44+/m0/s1. The van der Waals surface area contributed by atoms with Gasteiger partial charge in [-0.2, -0.15) is 13.2 Å². The highest BCUT2D eigenvalue weighted by Crippen LogP contribution is 2.51. The van der Waals surface area contributed by atoms with Crippen molar-refractivity contribution in [2.24, 2.45) is 5.92 Å². The molecule has 1 aromatic carbocycles. The van der Waals surface area contributed by atoms with Gasteiger partial charge >= 0.3 is 12.3 Å². The third kappa shape index (κ3) is 9.24. The van der Waals surface area contributed by atoms with Crippen LogP contribution >= 0.6 is 0 Å². The van der Waals surface area contributed by atoms with E-state index in [4.69, 9.17) is 14.2 Å². The number of rotatable bonds is 8. The fraction of sp³-hybridized carbons (Fsp3) is 0.667. The van der Waals surface area contributed by atoms with E-state index in [9.17, 15) is 27.6 Å². The fourth-order valence-corrected chi connectivity index (χ4v) is 10.8. The van der Waals surface area contributed by atoms with Crippen LogP contribution in [0.1, 0.15) is 115 Å². The molecule has 2 saturated carbocycles. The number of hydrogen-bond acceptors (Lipinski definition) is 11. The molecule has 5 heterocycles. The molecule has 8 rings (SSSR count). The molecule has 6 aliphatic rings. The SMILES string of the molecule is CC[C@H](C)OC(=O)N[C@H]1CCCCC/C=C\[C@@H]2C[C@@]2(C(=O)NS(=O)(=O)C2(C)CC2)NC(=O)[C@@H]2C[C@]3(CCc4c(c(C(F)(F)F)nc5ccc(OC6CCN(C)CC6)cc45)O3)CN2C1=O. The van der Waals surface area contributed by atoms with Gasteiger partial charge in [0.1, 0.15) is 41.2 Å². The molecule has 1 aromatic heterocycles. The lowest BCUT2D eigenvalue weighted by Gasteiger charge is -2.37. The van der Waals surface area contributed by atoms with Gasteiger partial charge in [0.05, 0.1) is 16.8 Å². The number of aryl methyl sites for hydroxylation is 1. The first-order chi connectivity index (χ1) is 30.3. The molecule has 64 heavy (non-hydrogen) atoms. The van der Waals surface area contributed by atoms with Crippen molar-refractivity contribution in [1.29, 1.82) is 0 Å². The summed E-state index contributed by atoms with van der Waals surface area (Å²) in [6, 6.07) is 2.26. The van der Waals surface area contributed by atoms with Crippen molar-refractivity contribution in [1.82, 2.24) is 30.1 Å². The first-order valence-corrected chi connectivity index (χ1v) is 24.1. The number of ether oxygens (including phenoxy) is 3. The van der Waals surface area contributed by atoms with Gasteiger partial charge in [-0.25, -0.2) is 18.2 Å². The molecule has 0 radical (unpaired) electrons. The molecule has 3 N–H and O–H groups in total. The Morgan fingerprint density at radius 2 is 1.83 bits per heavy atom. The number of sulfonamides is 1. The van der Waals surface area contributed by atoms with Crippen molar-refractivity contribution in [2.45, 2.75) is 157 Å². The van der Waals surface area contributed by atoms with Crippen LogP contribution in [0.2, 0.25) is 0 Å². The van der Waals surface area contributed by atoms with E-state index >= 15 is 13.2 Å². The number of allylic oxidation sites excluding steroid dienone is 1. The van der Waals surface area contributed by atoms with Gasteiger partial charge in [0.2, 0.25) is 21.8 Å². The topological polar surface area (TPSA) is 186 Å². The Morgan fingerprint density at radius 3 is 2.53 bits per heavy atom. The summed E-state index contributed by atoms with van der Waals surface area (Å²) in [6.07, 6.45) is 2.92. The number of piperidine rings is 1. The van der Waals surface area contributed by atoms with Crippen molar-refractivity contribution in [3.05, 3.63) is 41.6 Å². The number of aromatic nitrogens is 1. The van der Waals surface area contributed by atoms with Crippen LogP contribution in [0.4, 0.5) is 18.0 Å². The van der Waals surface area contributed by atoms with Gasteiger partial charge in [0.15, 0.2) is 11.4 Å². The minimum Gasteiger partial charge on any atom is -0.490 e. The van der Waals surface area contributed by atoms with Gasteiger partial charge in [-0.05, 0) is 110 Å². The van der Waals surface area contributed by atoms with E-state index in [1.165, 1.54) is 17.9 Å². The van der Waals surface area contributed by atoms with Gasteiger partial charge in [-0.15, -0.1) is 0 Å². The minimum atomic E-state index is -4.94. The summed E-state index contributed by atoms with van der Waals surface area (Å²) in [5, 5.41) is 5.95. The highest BCUT2D eigenvalue weighted by molar-refractivity contribution is 7.91. The van der Waals surface area contributed by atoms with E-state index < -0.39 is 91.5 Å². The van der Waals surface area contributed by atoms with E-state index in [1.54, 1.807) is 25.1 Å². The highest BCUT2D eigenvalue weighted by atomic mass is 32.2. The number of alkyl carbamates (subject to hydrolysis) is 1. The van der Waals surface area contributed by atoms with Crippen LogP contribution < -0.4 is 24.8 Å². The molecule has 4 aliphatic heterocycles. The Bertz CT molecular complexity index is 2320. The van der Waals surface area contributed by atoms with Crippen LogP contribution in [0.25, 0.3) is 10.9 Å². The number of alkyl halides is 3. The van der Waals surface area contributed by atoms with Crippen LogP contribution in [0.5, 0.6) is 11.5 Å². The second-order valence-corrected chi connectivity index (χ2v) is 21.3. The average Bonchev–Trinajstić information content (AvgIpc) is 4.14. The van der Waals surface area contributed by atoms with E-state index in [0.717, 1.165) is 25.9 Å². The van der Waals surface area contributed by atoms with E-state index in [2.05, 4.69) is 25.2 Å². The maximum atomic E-state index is 15.0. The normalized spacial score (nSPS) is 29.7. The Hall–Kier alpha value is -4.65. The number of nitrogens with zero attached hydrogens (tertiary/aromatic N) is 3. The lowest BCUT2D eigenvalue weighted by molar-refractivity contribution is -0.144. The summed E-state index contributed by atoms with van der Waals surface area (Å²) in [5.74, 6) is -2.93. The molecule has 0 unspecified atom stereocenters. The fourth-order valence-electron chi connectivity index (χ4n) is 9.51. The van der Waals surface area contributed by atoms with Crippen molar-refractivity contribution < 1.29 is 55.0 Å². The number of benzene rings is 1. The molecule has 350 valence electrons. The number of likely N-dealkylation sites (tertiary alicyclic amines) is 1. The summed E-state index contributed by atoms with van der Waals surface area (Å²) in [4.78, 5) is 64.3. The molecule has 4 amide bonds. The number of nitrogens with one attached hydrogen (secondary N) is 3. The molecule has 2 saturated heterocycles. The summed E-state index contributed by atoms with van der Waals surface area (Å²) in [6.45, 7) is 6.46. The zero-order valence-electron chi connectivity index (χ0n) is 36.9. The molecule has 2 aromatic rings. The predicted molar refractivity (Wildman–Crippen MR) is 229 cm³/mol. The molecule has 19 heteroatoms. The third-order valence-corrected chi connectivity index (χ3v) is 16.3. The molecule has 2 aliphatic carbocycles. The van der Waals surface area contributed by atoms with Crippen molar-refractivity contribution >= 4 is 44.7 Å². The van der Waals surface area contributed by atoms with Crippen LogP contribution in [0.15, 0.2) is 30.4 Å². The third-order valence-electron chi connectivity index (χ3n) is 14.2. The van der Waals surface area contributed by atoms with E-state index in [1.807, 2.05) is 20.0 Å². The summed E-state index contributed by atoms with van der Waals surface area (Å²) in [5.41, 5.74) is -4.05. The maximum Gasteiger partial charge on any atom is 0.437 e. The molecular weight excluding hydrogens is 858 g/mol. The van der Waals surface area contributed by atoms with Crippen molar-refractivity contribution in [3.8, 4) is 11.5 Å². The van der Waals surface area contributed by atoms with Crippen LogP contribution in [0.3, 0.4) is 0 Å². The number of carbonyl (C=O) groups excluding carboxylic acids is 4. The Morgan fingerprint density at radius 1 is 1.08 bits per heavy atom. The smallest absolute Gasteiger partial charge is 0.437 e. The Kier molecular flexibility index (Phi) is 12.4. The molecule has 15 nitrogen and oxygen atoms in total. The number of pyridine rings is 1. The Balaban J connectivity index is 1.15. The number of halogens is 3. The number of fused-ring (bicyclic) bond motifs is 5. The van der Waals surface area contributed by atoms with Gasteiger partial charge in [-0.1, -0.05) is 31.9 Å². The zero-order chi connectivity index (χ0) is 45.8. The van der Waals surface area contributed by atoms with Gasteiger partial charge in [0.25, 0.3) is 5.91 Å². The first kappa shape index (κ1) is 45.9. The number of amides is 4. The number of hydrogen-bond donors (Lipinski definition) is 3. The highest BCUT2D eigenvalue weighted by Gasteiger charge is 2.64. The summed E-state index contributed by atoms with van der Waals surface area (Å²) >= 11 is 0. The zero-order valence-corrected chi connectivity index (χ0v) is 37.7. The Labute approximate surface area is 371 Å². The van der Waals surface area contributed by atoms with Crippen LogP contribution in [0, 0.1) is 5.92 Å². The van der Waals surface area contributed by atoms with Gasteiger partial charge in [-0.3, -0.25) is 19.1 Å². The maximum absolute atomic E-state index is 15.0. The average molecular weight is 917 g/mol. The van der Waals surface area contributed by atoms with Gasteiger partial charge in [0, 0.05) is 36.4 Å². The molecule has 6 atom stereocenters. The first-order valence-electron chi connectivity index (χ1n) is 22.7. The lowest BCUT2D eigenvalue weighted by atomic mass is 9.87. The summed E-state index contributed by atoms with van der Waals surface area (Å²) in [7, 11) is -2.07. The monoisotopic (exact) mass is 916 g/mol. The van der Waals surface area contributed by atoms with Crippen LogP contribution in [-0.4, -0.2) is 114 Å². The molecule has 4 fully saturated rings. The van der Waals surface area contributed by atoms with Crippen molar-refractivity contribution in [2.75, 3.05) is 26.7 Å². The summed E-state index contributed by atoms with van der Waals surface area (Å²) < 4.78 is 90.9. The minimum absolute atomic E-state index is 0.0624. The molecule has 1 spiro atoms. The van der Waals surface area contributed by atoms with E-state index in [-0.39, 0.29) is 55.8 Å². The number of carbonyl (C=O) groups is 4. The quantitative estimate of drug-likeness (QED) is 0.277. The van der Waals surface area contributed by atoms with E-state index in [0.29, 0.717) is 56.1 Å². The van der Waals surface area contributed by atoms with Crippen LogP contribution in [-0.2, 0) is 41.7 Å². The van der Waals surface area contributed by atoms with Gasteiger partial charge < -0.3 is 34.6 Å². The second-order valence-electron chi connectivity index (χ2n) is 19.1. The van der Waals surface area contributed by atoms with Crippen molar-refractivity contribution in [3.63, 3.8) is 0 Å². The molecular formula is C45H59F3N6O9S. The molecule has 0 bridgehead atoms. The largest absolute Gasteiger partial charge is 0.490 e. The predicted octanol–water partition coefficient (Wildman–Crippen LogP) is 5.68. The second kappa shape index (κ2) is 17.3.